The molecule has 1 heterocycles. The zero-order chi connectivity index (χ0) is 18.1. The van der Waals surface area contributed by atoms with Gasteiger partial charge >= 0.3 is 0 Å². The Morgan fingerprint density at radius 3 is 2.76 bits per heavy atom. The fourth-order valence-corrected chi connectivity index (χ4v) is 3.28. The van der Waals surface area contributed by atoms with E-state index in [2.05, 4.69) is 39.8 Å². The Bertz CT molecular complexity index is 696. The van der Waals surface area contributed by atoms with Crippen LogP contribution in [-0.2, 0) is 19.3 Å². The molecule has 0 unspecified atom stereocenters. The number of benzene rings is 1. The van der Waals surface area contributed by atoms with Gasteiger partial charge in [0.15, 0.2) is 5.96 Å². The number of aliphatic imine (C=N–C) groups is 1. The first-order chi connectivity index (χ1) is 12.1. The number of aromatic nitrogens is 1. The van der Waals surface area contributed by atoms with E-state index in [1.165, 1.54) is 11.1 Å². The molecule has 136 valence electrons. The fraction of sp³-hybridized carbons (Fsp3) is 0.474. The normalized spacial score (nSPS) is 11.6. The molecule has 2 aromatic rings. The topological polar surface area (TPSA) is 49.3 Å². The number of guanidine groups is 1. The summed E-state index contributed by atoms with van der Waals surface area (Å²) in [5.41, 5.74) is 3.25. The lowest BCUT2D eigenvalue weighted by atomic mass is 10.1. The van der Waals surface area contributed by atoms with Gasteiger partial charge in [0, 0.05) is 31.4 Å². The molecule has 1 aromatic heterocycles. The van der Waals surface area contributed by atoms with E-state index in [0.717, 1.165) is 55.1 Å². The molecule has 0 amide bonds. The zero-order valence-corrected chi connectivity index (χ0v) is 16.0. The van der Waals surface area contributed by atoms with Crippen LogP contribution >= 0.6 is 11.3 Å². The van der Waals surface area contributed by atoms with Gasteiger partial charge in [-0.1, -0.05) is 13.0 Å². The summed E-state index contributed by atoms with van der Waals surface area (Å²) in [6, 6.07) is 4.94. The number of hydrogen-bond donors (Lipinski definition) is 2. The third kappa shape index (κ3) is 6.46. The molecule has 0 saturated carbocycles. The minimum Gasteiger partial charge on any atom is -0.357 e. The monoisotopic (exact) mass is 362 g/mol. The minimum atomic E-state index is -0.183. The van der Waals surface area contributed by atoms with Crippen molar-refractivity contribution in [1.29, 1.82) is 0 Å². The molecule has 0 aliphatic heterocycles. The van der Waals surface area contributed by atoms with Gasteiger partial charge in [-0.3, -0.25) is 4.99 Å². The molecule has 1 aromatic carbocycles. The van der Waals surface area contributed by atoms with E-state index in [1.54, 1.807) is 17.4 Å². The first-order valence-corrected chi connectivity index (χ1v) is 9.70. The lowest BCUT2D eigenvalue weighted by Crippen LogP contribution is -2.38. The highest BCUT2D eigenvalue weighted by molar-refractivity contribution is 7.09. The van der Waals surface area contributed by atoms with Gasteiger partial charge in [0.1, 0.15) is 5.82 Å². The maximum atomic E-state index is 13.2. The summed E-state index contributed by atoms with van der Waals surface area (Å²) in [6.45, 7) is 8.40. The van der Waals surface area contributed by atoms with Crippen LogP contribution in [0.15, 0.2) is 28.6 Å². The van der Waals surface area contributed by atoms with Crippen molar-refractivity contribution in [3.63, 3.8) is 0 Å². The maximum Gasteiger partial charge on any atom is 0.191 e. The van der Waals surface area contributed by atoms with E-state index in [9.17, 15) is 4.39 Å². The van der Waals surface area contributed by atoms with Gasteiger partial charge in [0.2, 0.25) is 0 Å². The lowest BCUT2D eigenvalue weighted by molar-refractivity contribution is 0.625. The molecule has 0 aliphatic rings. The average molecular weight is 363 g/mol. The average Bonchev–Trinajstić information content (AvgIpc) is 3.05. The second kappa shape index (κ2) is 10.1. The van der Waals surface area contributed by atoms with Crippen LogP contribution in [-0.4, -0.2) is 30.6 Å². The highest BCUT2D eigenvalue weighted by Crippen LogP contribution is 2.11. The molecule has 0 atom stereocenters. The Hall–Kier alpha value is -1.95. The highest BCUT2D eigenvalue weighted by Gasteiger charge is 2.03. The standard InChI is InChI=1S/C19H27FN4S/c1-4-18-24-17(13-25-18)9-11-23-19(21-5-2)22-10-8-15-6-7-16(20)12-14(15)3/h6-7,12-13H,4-5,8-11H2,1-3H3,(H2,21,22,23). The van der Waals surface area contributed by atoms with E-state index in [4.69, 9.17) is 0 Å². The van der Waals surface area contributed by atoms with Crippen LogP contribution < -0.4 is 10.6 Å². The SMILES string of the molecule is CCNC(=NCCc1csc(CC)n1)NCCc1ccc(F)cc1C. The first kappa shape index (κ1) is 19.4. The van der Waals surface area contributed by atoms with Gasteiger partial charge in [-0.05, 0) is 49.9 Å². The van der Waals surface area contributed by atoms with Crippen molar-refractivity contribution in [2.75, 3.05) is 19.6 Å². The van der Waals surface area contributed by atoms with Crippen LogP contribution in [0.3, 0.4) is 0 Å². The first-order valence-electron chi connectivity index (χ1n) is 8.82. The smallest absolute Gasteiger partial charge is 0.191 e. The van der Waals surface area contributed by atoms with Gasteiger partial charge < -0.3 is 10.6 Å². The molecule has 25 heavy (non-hydrogen) atoms. The quantitative estimate of drug-likeness (QED) is 0.558. The number of nitrogens with zero attached hydrogens (tertiary/aromatic N) is 2. The molecule has 0 bridgehead atoms. The molecule has 4 nitrogen and oxygen atoms in total. The highest BCUT2D eigenvalue weighted by atomic mass is 32.1. The molecule has 0 aliphatic carbocycles. The molecule has 0 saturated heterocycles. The predicted molar refractivity (Wildman–Crippen MR) is 104 cm³/mol. The van der Waals surface area contributed by atoms with Crippen molar-refractivity contribution in [3.05, 3.63) is 51.2 Å². The van der Waals surface area contributed by atoms with Crippen LogP contribution in [0.25, 0.3) is 0 Å². The summed E-state index contributed by atoms with van der Waals surface area (Å²) >= 11 is 1.71. The van der Waals surface area contributed by atoms with E-state index in [0.29, 0.717) is 6.54 Å². The summed E-state index contributed by atoms with van der Waals surface area (Å²) in [6.07, 6.45) is 2.67. The van der Waals surface area contributed by atoms with E-state index in [-0.39, 0.29) is 5.82 Å². The van der Waals surface area contributed by atoms with Crippen molar-refractivity contribution in [2.24, 2.45) is 4.99 Å². The van der Waals surface area contributed by atoms with Gasteiger partial charge in [-0.2, -0.15) is 0 Å². The molecule has 0 spiro atoms. The number of aryl methyl sites for hydroxylation is 2. The van der Waals surface area contributed by atoms with Gasteiger partial charge in [0.25, 0.3) is 0 Å². The van der Waals surface area contributed by atoms with Crippen molar-refractivity contribution in [1.82, 2.24) is 15.6 Å². The number of halogens is 1. The third-order valence-electron chi connectivity index (χ3n) is 3.88. The number of nitrogens with one attached hydrogen (secondary N) is 2. The fourth-order valence-electron chi connectivity index (χ4n) is 2.51. The van der Waals surface area contributed by atoms with Crippen molar-refractivity contribution >= 4 is 17.3 Å². The summed E-state index contributed by atoms with van der Waals surface area (Å²) in [5.74, 6) is 0.630. The number of hydrogen-bond acceptors (Lipinski definition) is 3. The van der Waals surface area contributed by atoms with Crippen LogP contribution in [0.5, 0.6) is 0 Å². The number of thiazole rings is 1. The minimum absolute atomic E-state index is 0.183. The Morgan fingerprint density at radius 2 is 2.08 bits per heavy atom. The third-order valence-corrected chi connectivity index (χ3v) is 4.92. The van der Waals surface area contributed by atoms with Crippen molar-refractivity contribution in [3.8, 4) is 0 Å². The predicted octanol–water partition coefficient (Wildman–Crippen LogP) is 3.49. The van der Waals surface area contributed by atoms with Gasteiger partial charge in [0.05, 0.1) is 10.7 Å². The molecule has 0 radical (unpaired) electrons. The van der Waals surface area contributed by atoms with Crippen molar-refractivity contribution in [2.45, 2.75) is 40.0 Å². The Labute approximate surface area is 153 Å². The van der Waals surface area contributed by atoms with Crippen LogP contribution in [0.1, 0.15) is 35.7 Å². The summed E-state index contributed by atoms with van der Waals surface area (Å²) in [4.78, 5) is 9.18. The Kier molecular flexibility index (Phi) is 7.85. The maximum absolute atomic E-state index is 13.2. The van der Waals surface area contributed by atoms with Crippen LogP contribution in [0.4, 0.5) is 4.39 Å². The molecule has 0 fully saturated rings. The van der Waals surface area contributed by atoms with E-state index < -0.39 is 0 Å². The lowest BCUT2D eigenvalue weighted by Gasteiger charge is -2.12. The second-order valence-corrected chi connectivity index (χ2v) is 6.79. The zero-order valence-electron chi connectivity index (χ0n) is 15.2. The van der Waals surface area contributed by atoms with E-state index in [1.807, 2.05) is 13.0 Å². The van der Waals surface area contributed by atoms with Gasteiger partial charge in [-0.25, -0.2) is 9.37 Å². The van der Waals surface area contributed by atoms with Gasteiger partial charge in [-0.15, -0.1) is 11.3 Å². The largest absolute Gasteiger partial charge is 0.357 e. The molecule has 6 heteroatoms. The summed E-state index contributed by atoms with van der Waals surface area (Å²) in [5, 5.41) is 9.89. The molecule has 2 N–H and O–H groups in total. The summed E-state index contributed by atoms with van der Waals surface area (Å²) < 4.78 is 13.2. The van der Waals surface area contributed by atoms with Crippen molar-refractivity contribution < 1.29 is 4.39 Å². The molecular weight excluding hydrogens is 335 g/mol. The van der Waals surface area contributed by atoms with Crippen LogP contribution in [0, 0.1) is 12.7 Å². The van der Waals surface area contributed by atoms with Crippen LogP contribution in [0.2, 0.25) is 0 Å². The summed E-state index contributed by atoms with van der Waals surface area (Å²) in [7, 11) is 0. The molecular formula is C19H27FN4S. The Morgan fingerprint density at radius 1 is 1.24 bits per heavy atom. The molecule has 2 rings (SSSR count). The number of rotatable bonds is 8. The Balaban J connectivity index is 1.82. The second-order valence-electron chi connectivity index (χ2n) is 5.84. The van der Waals surface area contributed by atoms with E-state index >= 15 is 0 Å².